The minimum Gasteiger partial charge on any atom is -0.396 e. The molecular formula is C19H37NO3. The standard InChI is InChI=1S/C18H32O3.CH5N/c1-17(8-6-15(20)10-14(17)11-19)13-5-7-18(2)12(9-13)3-4-16(18)21;1-2/h12-16,19-21H,3-11H2,1-2H3;2H2,1H3. The lowest BCUT2D eigenvalue weighted by molar-refractivity contribution is -0.0818. The molecule has 0 bridgehead atoms. The van der Waals surface area contributed by atoms with Crippen LogP contribution in [0.2, 0.25) is 0 Å². The third-order valence-corrected chi connectivity index (χ3v) is 7.74. The second kappa shape index (κ2) is 7.38. The number of hydrogen-bond donors (Lipinski definition) is 4. The summed E-state index contributed by atoms with van der Waals surface area (Å²) in [5.74, 6) is 1.53. The van der Waals surface area contributed by atoms with E-state index < -0.39 is 0 Å². The van der Waals surface area contributed by atoms with Gasteiger partial charge in [0.25, 0.3) is 0 Å². The highest BCUT2D eigenvalue weighted by Gasteiger charge is 2.53. The van der Waals surface area contributed by atoms with Crippen molar-refractivity contribution >= 4 is 0 Å². The predicted octanol–water partition coefficient (Wildman–Crippen LogP) is 2.30. The Labute approximate surface area is 141 Å². The number of rotatable bonds is 2. The van der Waals surface area contributed by atoms with Gasteiger partial charge in [-0.1, -0.05) is 13.8 Å². The summed E-state index contributed by atoms with van der Waals surface area (Å²) in [6, 6.07) is 0. The molecule has 3 rings (SSSR count). The Morgan fingerprint density at radius 1 is 0.870 bits per heavy atom. The van der Waals surface area contributed by atoms with Crippen LogP contribution in [-0.2, 0) is 0 Å². The molecule has 4 nitrogen and oxygen atoms in total. The van der Waals surface area contributed by atoms with Crippen LogP contribution in [0.1, 0.15) is 65.2 Å². The molecule has 0 amide bonds. The summed E-state index contributed by atoms with van der Waals surface area (Å²) in [6.07, 6.45) is 7.97. The molecule has 7 unspecified atom stereocenters. The minimum absolute atomic E-state index is 0.113. The molecule has 7 atom stereocenters. The molecule has 0 radical (unpaired) electrons. The third-order valence-electron chi connectivity index (χ3n) is 7.74. The third kappa shape index (κ3) is 3.33. The van der Waals surface area contributed by atoms with E-state index in [0.29, 0.717) is 11.8 Å². The molecule has 3 saturated carbocycles. The second-order valence-electron chi connectivity index (χ2n) is 8.58. The smallest absolute Gasteiger partial charge is 0.0596 e. The van der Waals surface area contributed by atoms with Crippen molar-refractivity contribution in [1.82, 2.24) is 0 Å². The quantitative estimate of drug-likeness (QED) is 0.627. The number of aliphatic hydroxyl groups is 3. The lowest BCUT2D eigenvalue weighted by Gasteiger charge is -2.53. The van der Waals surface area contributed by atoms with E-state index in [1.807, 2.05) is 0 Å². The number of hydrogen-bond acceptors (Lipinski definition) is 4. The van der Waals surface area contributed by atoms with Gasteiger partial charge in [0.15, 0.2) is 0 Å². The number of nitrogens with two attached hydrogens (primary N) is 1. The highest BCUT2D eigenvalue weighted by Crippen LogP contribution is 2.59. The van der Waals surface area contributed by atoms with Gasteiger partial charge in [-0.3, -0.25) is 0 Å². The van der Waals surface area contributed by atoms with E-state index in [1.54, 1.807) is 0 Å². The van der Waals surface area contributed by atoms with E-state index >= 15 is 0 Å². The number of fused-ring (bicyclic) bond motifs is 1. The van der Waals surface area contributed by atoms with Crippen molar-refractivity contribution in [3.63, 3.8) is 0 Å². The van der Waals surface area contributed by atoms with Crippen LogP contribution in [0.4, 0.5) is 0 Å². The molecule has 4 heteroatoms. The molecular weight excluding hydrogens is 290 g/mol. The van der Waals surface area contributed by atoms with Gasteiger partial charge in [-0.05, 0) is 87.0 Å². The number of aliphatic hydroxyl groups excluding tert-OH is 3. The predicted molar refractivity (Wildman–Crippen MR) is 92.8 cm³/mol. The van der Waals surface area contributed by atoms with E-state index in [1.165, 1.54) is 19.9 Å². The second-order valence-corrected chi connectivity index (χ2v) is 8.58. The van der Waals surface area contributed by atoms with E-state index in [2.05, 4.69) is 19.6 Å². The van der Waals surface area contributed by atoms with Crippen molar-refractivity contribution in [1.29, 1.82) is 0 Å². The van der Waals surface area contributed by atoms with Gasteiger partial charge in [0.1, 0.15) is 0 Å². The molecule has 0 aliphatic heterocycles. The SMILES string of the molecule is CC12CCC(C3(C)CCC(O)CC3CO)CC1CCC2O.CN. The van der Waals surface area contributed by atoms with Crippen molar-refractivity contribution in [2.45, 2.75) is 77.4 Å². The summed E-state index contributed by atoms with van der Waals surface area (Å²) in [4.78, 5) is 0. The first-order valence-electron chi connectivity index (χ1n) is 9.45. The Morgan fingerprint density at radius 3 is 2.13 bits per heavy atom. The Bertz CT molecular complexity index is 391. The van der Waals surface area contributed by atoms with E-state index in [-0.39, 0.29) is 35.6 Å². The molecule has 0 saturated heterocycles. The van der Waals surface area contributed by atoms with Crippen molar-refractivity contribution in [3.05, 3.63) is 0 Å². The van der Waals surface area contributed by atoms with Crippen molar-refractivity contribution < 1.29 is 15.3 Å². The first-order valence-corrected chi connectivity index (χ1v) is 9.45. The normalized spacial score (nSPS) is 50.0. The molecule has 5 N–H and O–H groups in total. The van der Waals surface area contributed by atoms with Crippen LogP contribution in [0.5, 0.6) is 0 Å². The van der Waals surface area contributed by atoms with E-state index in [9.17, 15) is 15.3 Å². The summed E-state index contributed by atoms with van der Waals surface area (Å²) >= 11 is 0. The zero-order valence-corrected chi connectivity index (χ0v) is 15.2. The van der Waals surface area contributed by atoms with Crippen LogP contribution in [0.15, 0.2) is 0 Å². The van der Waals surface area contributed by atoms with Gasteiger partial charge in [-0.15, -0.1) is 0 Å². The van der Waals surface area contributed by atoms with Crippen molar-refractivity contribution in [2.24, 2.45) is 34.3 Å². The van der Waals surface area contributed by atoms with Gasteiger partial charge in [0.2, 0.25) is 0 Å². The molecule has 0 spiro atoms. The molecule has 3 fully saturated rings. The Balaban J connectivity index is 0.000000924. The van der Waals surface area contributed by atoms with E-state index in [0.717, 1.165) is 38.5 Å². The summed E-state index contributed by atoms with van der Waals surface area (Å²) in [6.45, 7) is 4.83. The molecule has 0 aromatic heterocycles. The van der Waals surface area contributed by atoms with Gasteiger partial charge in [0.05, 0.1) is 12.2 Å². The van der Waals surface area contributed by atoms with Crippen LogP contribution in [0.3, 0.4) is 0 Å². The average molecular weight is 328 g/mol. The Kier molecular flexibility index (Phi) is 6.15. The molecule has 3 aliphatic rings. The largest absolute Gasteiger partial charge is 0.396 e. The molecule has 3 aliphatic carbocycles. The summed E-state index contributed by atoms with van der Waals surface area (Å²) in [7, 11) is 1.50. The fourth-order valence-corrected chi connectivity index (χ4v) is 5.81. The van der Waals surface area contributed by atoms with Crippen LogP contribution >= 0.6 is 0 Å². The summed E-state index contributed by atoms with van der Waals surface area (Å²) < 4.78 is 0. The average Bonchev–Trinajstić information content (AvgIpc) is 2.86. The lowest BCUT2D eigenvalue weighted by Crippen LogP contribution is -2.47. The minimum atomic E-state index is -0.225. The zero-order valence-electron chi connectivity index (χ0n) is 15.2. The maximum atomic E-state index is 10.3. The summed E-state index contributed by atoms with van der Waals surface area (Å²) in [5, 5.41) is 30.0. The maximum Gasteiger partial charge on any atom is 0.0596 e. The van der Waals surface area contributed by atoms with Gasteiger partial charge >= 0.3 is 0 Å². The van der Waals surface area contributed by atoms with Gasteiger partial charge in [-0.25, -0.2) is 0 Å². The van der Waals surface area contributed by atoms with Gasteiger partial charge < -0.3 is 21.1 Å². The molecule has 0 aromatic rings. The first-order chi connectivity index (χ1) is 10.9. The zero-order chi connectivity index (χ0) is 17.3. The van der Waals surface area contributed by atoms with Crippen molar-refractivity contribution in [3.8, 4) is 0 Å². The van der Waals surface area contributed by atoms with Crippen molar-refractivity contribution in [2.75, 3.05) is 13.7 Å². The van der Waals surface area contributed by atoms with Crippen LogP contribution in [0, 0.1) is 28.6 Å². The molecule has 23 heavy (non-hydrogen) atoms. The van der Waals surface area contributed by atoms with Crippen LogP contribution in [-0.4, -0.2) is 41.2 Å². The maximum absolute atomic E-state index is 10.3. The fraction of sp³-hybridized carbons (Fsp3) is 1.00. The van der Waals surface area contributed by atoms with Gasteiger partial charge in [-0.2, -0.15) is 0 Å². The van der Waals surface area contributed by atoms with Crippen LogP contribution in [0.25, 0.3) is 0 Å². The highest BCUT2D eigenvalue weighted by molar-refractivity contribution is 5.03. The Hall–Kier alpha value is -0.160. The highest BCUT2D eigenvalue weighted by atomic mass is 16.3. The fourth-order valence-electron chi connectivity index (χ4n) is 5.81. The molecule has 0 heterocycles. The topological polar surface area (TPSA) is 86.7 Å². The first kappa shape index (κ1) is 19.2. The Morgan fingerprint density at radius 2 is 1.48 bits per heavy atom. The molecule has 0 aromatic carbocycles. The van der Waals surface area contributed by atoms with Crippen LogP contribution < -0.4 is 5.73 Å². The van der Waals surface area contributed by atoms with Gasteiger partial charge in [0, 0.05) is 6.61 Å². The lowest BCUT2D eigenvalue weighted by atomic mass is 9.53. The summed E-state index contributed by atoms with van der Waals surface area (Å²) in [5.41, 5.74) is 4.80. The monoisotopic (exact) mass is 327 g/mol. The van der Waals surface area contributed by atoms with E-state index in [4.69, 9.17) is 0 Å². The molecule has 136 valence electrons.